The van der Waals surface area contributed by atoms with Gasteiger partial charge in [0.05, 0.1) is 28.1 Å². The molecule has 0 bridgehead atoms. The average molecular weight is 612 g/mol. The highest BCUT2D eigenvalue weighted by atomic mass is 19.1. The van der Waals surface area contributed by atoms with Gasteiger partial charge in [-0.1, -0.05) is 66.7 Å². The van der Waals surface area contributed by atoms with Crippen LogP contribution in [0.4, 0.5) is 42.9 Å². The highest BCUT2D eigenvalue weighted by molar-refractivity contribution is 7.00. The highest BCUT2D eigenvalue weighted by Gasteiger charge is 2.45. The first-order valence-electron chi connectivity index (χ1n) is 15.8. The molecule has 4 heterocycles. The van der Waals surface area contributed by atoms with E-state index in [1.165, 1.54) is 17.5 Å². The summed E-state index contributed by atoms with van der Waals surface area (Å²) < 4.78 is 36.2. The molecule has 10 rings (SSSR count). The summed E-state index contributed by atoms with van der Waals surface area (Å²) in [6, 6.07) is 39.5. The maximum Gasteiger partial charge on any atom is 0.252 e. The van der Waals surface area contributed by atoms with Crippen LogP contribution in [0, 0.1) is 11.6 Å². The molecule has 224 valence electrons. The molecule has 0 atom stereocenters. The zero-order valence-electron chi connectivity index (χ0n) is 25.7. The van der Waals surface area contributed by atoms with Gasteiger partial charge in [-0.25, -0.2) is 8.78 Å². The minimum Gasteiger partial charge on any atom is -0.349 e. The Morgan fingerprint density at radius 1 is 0.532 bits per heavy atom. The van der Waals surface area contributed by atoms with Crippen molar-refractivity contribution in [2.45, 2.75) is 0 Å². The number of aromatic nitrogens is 2. The summed E-state index contributed by atoms with van der Waals surface area (Å²) in [5.74, 6) is -0.611. The van der Waals surface area contributed by atoms with Gasteiger partial charge in [-0.3, -0.25) is 0 Å². The molecule has 2 aliphatic heterocycles. The highest BCUT2D eigenvalue weighted by Crippen LogP contribution is 2.47. The predicted octanol–water partition coefficient (Wildman–Crippen LogP) is 8.18. The van der Waals surface area contributed by atoms with Crippen LogP contribution in [-0.4, -0.2) is 15.8 Å². The molecule has 0 N–H and O–H groups in total. The second-order valence-corrected chi connectivity index (χ2v) is 12.6. The summed E-state index contributed by atoms with van der Waals surface area (Å²) in [4.78, 5) is 4.13. The Morgan fingerprint density at radius 2 is 1.19 bits per heavy atom. The van der Waals surface area contributed by atoms with Crippen LogP contribution in [0.5, 0.6) is 0 Å². The second kappa shape index (κ2) is 9.36. The van der Waals surface area contributed by atoms with E-state index in [1.807, 2.05) is 37.4 Å². The van der Waals surface area contributed by atoms with E-state index in [0.717, 1.165) is 66.5 Å². The summed E-state index contributed by atoms with van der Waals surface area (Å²) in [6.07, 6.45) is 2.06. The molecule has 0 amide bonds. The van der Waals surface area contributed by atoms with Gasteiger partial charge in [0, 0.05) is 59.0 Å². The number of rotatable bonds is 2. The van der Waals surface area contributed by atoms with E-state index in [9.17, 15) is 0 Å². The first-order chi connectivity index (χ1) is 23.0. The molecule has 0 unspecified atom stereocenters. The number of nitrogens with zero attached hydrogens (tertiary/aromatic N) is 4. The number of halogens is 2. The molecule has 2 aliphatic rings. The number of hydrogen-bond donors (Lipinski definition) is 0. The number of aryl methyl sites for hydroxylation is 2. The molecule has 4 nitrogen and oxygen atoms in total. The lowest BCUT2D eigenvalue weighted by atomic mass is 9.33. The SMILES string of the molecule is Cn1ccc2ccc3c(c21)N(c1ccccc1F)c1cccc2c1B3c1cc3c4ccccc4n(C)c3cc1N2c1ccccc1F. The van der Waals surface area contributed by atoms with Crippen molar-refractivity contribution >= 4 is 89.9 Å². The first kappa shape index (κ1) is 26.4. The second-order valence-electron chi connectivity index (χ2n) is 12.6. The number of benzene rings is 6. The average Bonchev–Trinajstić information content (AvgIpc) is 3.61. The van der Waals surface area contributed by atoms with E-state index < -0.39 is 0 Å². The zero-order chi connectivity index (χ0) is 31.6. The smallest absolute Gasteiger partial charge is 0.252 e. The minimum absolute atomic E-state index is 0.181. The van der Waals surface area contributed by atoms with Crippen molar-refractivity contribution < 1.29 is 8.78 Å². The van der Waals surface area contributed by atoms with Crippen molar-refractivity contribution in [3.63, 3.8) is 0 Å². The molecule has 0 aliphatic carbocycles. The summed E-state index contributed by atoms with van der Waals surface area (Å²) in [5.41, 5.74) is 11.0. The monoisotopic (exact) mass is 612 g/mol. The molecule has 0 saturated carbocycles. The number of hydrogen-bond acceptors (Lipinski definition) is 2. The molecular formula is C40H27BF2N4. The molecule has 0 fully saturated rings. The van der Waals surface area contributed by atoms with E-state index in [4.69, 9.17) is 0 Å². The fourth-order valence-electron chi connectivity index (χ4n) is 8.22. The van der Waals surface area contributed by atoms with Gasteiger partial charge >= 0.3 is 0 Å². The lowest BCUT2D eigenvalue weighted by Crippen LogP contribution is -2.61. The van der Waals surface area contributed by atoms with Crippen LogP contribution in [0.1, 0.15) is 0 Å². The van der Waals surface area contributed by atoms with Gasteiger partial charge in [0.25, 0.3) is 6.71 Å². The molecule has 47 heavy (non-hydrogen) atoms. The Balaban J connectivity index is 1.39. The lowest BCUT2D eigenvalue weighted by Gasteiger charge is -2.44. The standard InChI is InChI=1S/C40H27BF2N4/c1-44-21-20-24-18-19-27-40(39(24)44)47(33-15-8-5-12-30(33)43)35-17-9-16-34-38(35)41(27)28-22-26-25-10-3-6-13-31(25)45(2)36(26)23-37(28)46(34)32-14-7-4-11-29(32)42/h3-23H,1-2H3. The molecule has 0 saturated heterocycles. The van der Waals surface area contributed by atoms with Gasteiger partial charge in [-0.15, -0.1) is 0 Å². The van der Waals surface area contributed by atoms with Gasteiger partial charge < -0.3 is 18.9 Å². The third-order valence-corrected chi connectivity index (χ3v) is 10.2. The van der Waals surface area contributed by atoms with Crippen molar-refractivity contribution in [2.24, 2.45) is 14.1 Å². The maximum absolute atomic E-state index is 15.9. The summed E-state index contributed by atoms with van der Waals surface area (Å²) in [5, 5.41) is 3.40. The topological polar surface area (TPSA) is 16.3 Å². The predicted molar refractivity (Wildman–Crippen MR) is 191 cm³/mol. The van der Waals surface area contributed by atoms with Gasteiger partial charge in [-0.05, 0) is 71.0 Å². The largest absolute Gasteiger partial charge is 0.349 e. The lowest BCUT2D eigenvalue weighted by molar-refractivity contribution is 0.629. The quantitative estimate of drug-likeness (QED) is 0.183. The van der Waals surface area contributed by atoms with Gasteiger partial charge in [0.1, 0.15) is 11.6 Å². The van der Waals surface area contributed by atoms with Gasteiger partial charge in [-0.2, -0.15) is 0 Å². The summed E-state index contributed by atoms with van der Waals surface area (Å²) >= 11 is 0. The third kappa shape index (κ3) is 3.40. The molecule has 7 heteroatoms. The molecule has 0 spiro atoms. The Labute approximate surface area is 270 Å². The van der Waals surface area contributed by atoms with Gasteiger partial charge in [0.2, 0.25) is 0 Å². The molecular weight excluding hydrogens is 585 g/mol. The Hall–Kier alpha value is -5.82. The van der Waals surface area contributed by atoms with Crippen LogP contribution in [0.3, 0.4) is 0 Å². The maximum atomic E-state index is 15.9. The van der Waals surface area contributed by atoms with Crippen molar-refractivity contribution in [2.75, 3.05) is 9.80 Å². The van der Waals surface area contributed by atoms with Crippen LogP contribution in [0.2, 0.25) is 0 Å². The Bertz CT molecular complexity index is 2620. The van der Waals surface area contributed by atoms with E-state index in [0.29, 0.717) is 11.4 Å². The van der Waals surface area contributed by atoms with Crippen LogP contribution in [-0.2, 0) is 14.1 Å². The summed E-state index contributed by atoms with van der Waals surface area (Å²) in [6.45, 7) is -0.181. The number of anilines is 6. The molecule has 8 aromatic rings. The summed E-state index contributed by atoms with van der Waals surface area (Å²) in [7, 11) is 4.14. The van der Waals surface area contributed by atoms with Crippen LogP contribution in [0.15, 0.2) is 128 Å². The van der Waals surface area contributed by atoms with Crippen LogP contribution >= 0.6 is 0 Å². The molecule has 2 aromatic heterocycles. The number of para-hydroxylation sites is 3. The molecule has 0 radical (unpaired) electrons. The number of fused-ring (bicyclic) bond motifs is 9. The van der Waals surface area contributed by atoms with Gasteiger partial charge in [0.15, 0.2) is 0 Å². The van der Waals surface area contributed by atoms with Crippen LogP contribution < -0.4 is 26.2 Å². The van der Waals surface area contributed by atoms with E-state index in [2.05, 4.69) is 98.9 Å². The fraction of sp³-hybridized carbons (Fsp3) is 0.0500. The van der Waals surface area contributed by atoms with E-state index in [-0.39, 0.29) is 18.3 Å². The van der Waals surface area contributed by atoms with Crippen molar-refractivity contribution in [3.8, 4) is 0 Å². The first-order valence-corrected chi connectivity index (χ1v) is 15.8. The van der Waals surface area contributed by atoms with E-state index in [1.54, 1.807) is 12.1 Å². The van der Waals surface area contributed by atoms with Crippen LogP contribution in [0.25, 0.3) is 32.7 Å². The zero-order valence-corrected chi connectivity index (χ0v) is 25.7. The molecule has 6 aromatic carbocycles. The van der Waals surface area contributed by atoms with Crippen molar-refractivity contribution in [1.29, 1.82) is 0 Å². The third-order valence-electron chi connectivity index (χ3n) is 10.2. The Kier molecular flexibility index (Phi) is 5.26. The minimum atomic E-state index is -0.306. The fourth-order valence-corrected chi connectivity index (χ4v) is 8.22. The van der Waals surface area contributed by atoms with E-state index >= 15 is 8.78 Å². The normalized spacial score (nSPS) is 13.4. The Morgan fingerprint density at radius 3 is 1.96 bits per heavy atom. The van der Waals surface area contributed by atoms with Crippen molar-refractivity contribution in [1.82, 2.24) is 9.13 Å². The van der Waals surface area contributed by atoms with Crippen molar-refractivity contribution in [3.05, 3.63) is 139 Å².